The average molecular weight is 474 g/mol. The summed E-state index contributed by atoms with van der Waals surface area (Å²) in [5.41, 5.74) is 1.45. The van der Waals surface area contributed by atoms with Crippen LogP contribution >= 0.6 is 24.0 Å². The SMILES string of the molecule is CCCCCNC(=NCc1cccc(C(=O)NC(C)(C)C)c1)NCC.I. The highest BCUT2D eigenvalue weighted by molar-refractivity contribution is 14.0. The lowest BCUT2D eigenvalue weighted by Crippen LogP contribution is -2.40. The standard InChI is InChI=1S/C20H34N4O.HI/c1-6-8-9-13-22-19(21-7-2)23-15-16-11-10-12-17(14-16)18(25)24-20(3,4)5;/h10-12,14H,6-9,13,15H2,1-5H3,(H,24,25)(H2,21,22,23);1H. The lowest BCUT2D eigenvalue weighted by atomic mass is 10.1. The van der Waals surface area contributed by atoms with Gasteiger partial charge in [-0.1, -0.05) is 31.9 Å². The molecule has 0 aliphatic carbocycles. The van der Waals surface area contributed by atoms with Gasteiger partial charge in [0, 0.05) is 24.2 Å². The Bertz CT molecular complexity index is 567. The number of rotatable bonds is 8. The highest BCUT2D eigenvalue weighted by Gasteiger charge is 2.15. The van der Waals surface area contributed by atoms with Gasteiger partial charge in [-0.2, -0.15) is 0 Å². The lowest BCUT2D eigenvalue weighted by molar-refractivity contribution is 0.0919. The molecule has 0 saturated carbocycles. The Morgan fingerprint density at radius 2 is 1.85 bits per heavy atom. The Kier molecular flexibility index (Phi) is 12.3. The summed E-state index contributed by atoms with van der Waals surface area (Å²) in [6.07, 6.45) is 3.57. The number of unbranched alkanes of at least 4 members (excludes halogenated alkanes) is 2. The molecule has 0 spiro atoms. The van der Waals surface area contributed by atoms with Crippen molar-refractivity contribution in [1.82, 2.24) is 16.0 Å². The number of nitrogens with zero attached hydrogens (tertiary/aromatic N) is 1. The third-order valence-electron chi connectivity index (χ3n) is 3.51. The van der Waals surface area contributed by atoms with Gasteiger partial charge >= 0.3 is 0 Å². The highest BCUT2D eigenvalue weighted by Crippen LogP contribution is 2.09. The predicted molar refractivity (Wildman–Crippen MR) is 121 cm³/mol. The van der Waals surface area contributed by atoms with Crippen molar-refractivity contribution in [2.45, 2.75) is 66.0 Å². The van der Waals surface area contributed by atoms with Crippen LogP contribution in [-0.4, -0.2) is 30.5 Å². The van der Waals surface area contributed by atoms with Crippen molar-refractivity contribution >= 4 is 35.8 Å². The number of nitrogens with one attached hydrogen (secondary N) is 3. The van der Waals surface area contributed by atoms with Crippen molar-refractivity contribution in [3.63, 3.8) is 0 Å². The first-order chi connectivity index (χ1) is 11.9. The van der Waals surface area contributed by atoms with Crippen molar-refractivity contribution in [1.29, 1.82) is 0 Å². The van der Waals surface area contributed by atoms with Gasteiger partial charge in [0.25, 0.3) is 5.91 Å². The Morgan fingerprint density at radius 1 is 1.12 bits per heavy atom. The van der Waals surface area contributed by atoms with Gasteiger partial charge in [0.05, 0.1) is 6.54 Å². The van der Waals surface area contributed by atoms with E-state index in [-0.39, 0.29) is 35.4 Å². The van der Waals surface area contributed by atoms with E-state index in [0.717, 1.165) is 31.0 Å². The molecule has 6 heteroatoms. The molecule has 148 valence electrons. The van der Waals surface area contributed by atoms with Gasteiger partial charge in [0.2, 0.25) is 0 Å². The molecular formula is C20H35IN4O. The van der Waals surface area contributed by atoms with E-state index in [2.05, 4.69) is 34.8 Å². The van der Waals surface area contributed by atoms with E-state index in [1.54, 1.807) is 0 Å². The molecule has 3 N–H and O–H groups in total. The van der Waals surface area contributed by atoms with Crippen LogP contribution in [0.25, 0.3) is 0 Å². The zero-order valence-corrected chi connectivity index (χ0v) is 19.1. The maximum atomic E-state index is 12.3. The summed E-state index contributed by atoms with van der Waals surface area (Å²) in [7, 11) is 0. The third kappa shape index (κ3) is 10.6. The maximum Gasteiger partial charge on any atom is 0.251 e. The molecule has 0 aromatic heterocycles. The summed E-state index contributed by atoms with van der Waals surface area (Å²) >= 11 is 0. The van der Waals surface area contributed by atoms with Crippen LogP contribution in [0.4, 0.5) is 0 Å². The first-order valence-electron chi connectivity index (χ1n) is 9.29. The van der Waals surface area contributed by atoms with E-state index in [4.69, 9.17) is 0 Å². The van der Waals surface area contributed by atoms with Crippen LogP contribution in [0.2, 0.25) is 0 Å². The van der Waals surface area contributed by atoms with Crippen LogP contribution in [0.3, 0.4) is 0 Å². The van der Waals surface area contributed by atoms with E-state index in [1.165, 1.54) is 12.8 Å². The fraction of sp³-hybridized carbons (Fsp3) is 0.600. The summed E-state index contributed by atoms with van der Waals surface area (Å²) in [5.74, 6) is 0.770. The average Bonchev–Trinajstić information content (AvgIpc) is 2.55. The van der Waals surface area contributed by atoms with Crippen molar-refractivity contribution in [3.8, 4) is 0 Å². The number of carbonyl (C=O) groups is 1. The topological polar surface area (TPSA) is 65.5 Å². The summed E-state index contributed by atoms with van der Waals surface area (Å²) in [6.45, 7) is 12.5. The molecule has 0 aliphatic heterocycles. The highest BCUT2D eigenvalue weighted by atomic mass is 127. The van der Waals surface area contributed by atoms with Crippen LogP contribution in [0.1, 0.15) is 69.8 Å². The molecule has 0 saturated heterocycles. The number of guanidine groups is 1. The number of hydrogen-bond donors (Lipinski definition) is 3. The summed E-state index contributed by atoms with van der Waals surface area (Å²) in [4.78, 5) is 16.9. The molecule has 26 heavy (non-hydrogen) atoms. The van der Waals surface area contributed by atoms with Gasteiger partial charge in [0.15, 0.2) is 5.96 Å². The zero-order valence-electron chi connectivity index (χ0n) is 16.8. The maximum absolute atomic E-state index is 12.3. The molecule has 0 bridgehead atoms. The quantitative estimate of drug-likeness (QED) is 0.230. The second-order valence-corrected chi connectivity index (χ2v) is 7.23. The molecule has 1 aromatic carbocycles. The summed E-state index contributed by atoms with van der Waals surface area (Å²) in [6, 6.07) is 7.65. The molecule has 5 nitrogen and oxygen atoms in total. The van der Waals surface area contributed by atoms with Crippen LogP contribution in [0, 0.1) is 0 Å². The first-order valence-corrected chi connectivity index (χ1v) is 9.29. The number of aliphatic imine (C=N–C) groups is 1. The molecule has 1 rings (SSSR count). The van der Waals surface area contributed by atoms with E-state index in [1.807, 2.05) is 45.0 Å². The Balaban J connectivity index is 0.00000625. The second kappa shape index (κ2) is 12.9. The Labute approximate surface area is 175 Å². The van der Waals surface area contributed by atoms with Crippen molar-refractivity contribution in [3.05, 3.63) is 35.4 Å². The van der Waals surface area contributed by atoms with Crippen molar-refractivity contribution in [2.24, 2.45) is 4.99 Å². The smallest absolute Gasteiger partial charge is 0.251 e. The fourth-order valence-corrected chi connectivity index (χ4v) is 2.32. The minimum absolute atomic E-state index is 0. The second-order valence-electron chi connectivity index (χ2n) is 7.23. The number of amides is 1. The molecule has 0 fully saturated rings. The molecule has 0 heterocycles. The summed E-state index contributed by atoms with van der Waals surface area (Å²) in [5, 5.41) is 9.60. The van der Waals surface area contributed by atoms with Gasteiger partial charge in [-0.25, -0.2) is 4.99 Å². The lowest BCUT2D eigenvalue weighted by Gasteiger charge is -2.20. The number of carbonyl (C=O) groups excluding carboxylic acids is 1. The van der Waals surface area contributed by atoms with Crippen molar-refractivity contribution in [2.75, 3.05) is 13.1 Å². The van der Waals surface area contributed by atoms with E-state index in [0.29, 0.717) is 12.1 Å². The van der Waals surface area contributed by atoms with E-state index < -0.39 is 0 Å². The minimum Gasteiger partial charge on any atom is -0.357 e. The van der Waals surface area contributed by atoms with Gasteiger partial charge in [-0.3, -0.25) is 4.79 Å². The first kappa shape index (κ1) is 24.7. The number of halogens is 1. The van der Waals surface area contributed by atoms with Crippen LogP contribution < -0.4 is 16.0 Å². The summed E-state index contributed by atoms with van der Waals surface area (Å²) < 4.78 is 0. The molecule has 0 atom stereocenters. The van der Waals surface area contributed by atoms with Crippen LogP contribution in [0.5, 0.6) is 0 Å². The largest absolute Gasteiger partial charge is 0.357 e. The number of benzene rings is 1. The van der Waals surface area contributed by atoms with Crippen LogP contribution in [-0.2, 0) is 6.54 Å². The van der Waals surface area contributed by atoms with Crippen LogP contribution in [0.15, 0.2) is 29.3 Å². The zero-order chi connectivity index (χ0) is 18.7. The Morgan fingerprint density at radius 3 is 2.46 bits per heavy atom. The van der Waals surface area contributed by atoms with Crippen molar-refractivity contribution < 1.29 is 4.79 Å². The minimum atomic E-state index is -0.244. The Hall–Kier alpha value is -1.31. The predicted octanol–water partition coefficient (Wildman–Crippen LogP) is 4.08. The molecule has 0 aliphatic rings. The van der Waals surface area contributed by atoms with Gasteiger partial charge in [0.1, 0.15) is 0 Å². The third-order valence-corrected chi connectivity index (χ3v) is 3.51. The monoisotopic (exact) mass is 474 g/mol. The molecule has 1 amide bonds. The normalized spacial score (nSPS) is 11.5. The van der Waals surface area contributed by atoms with Gasteiger partial charge in [-0.15, -0.1) is 24.0 Å². The van der Waals surface area contributed by atoms with Gasteiger partial charge < -0.3 is 16.0 Å². The van der Waals surface area contributed by atoms with E-state index in [9.17, 15) is 4.79 Å². The number of hydrogen-bond acceptors (Lipinski definition) is 2. The molecule has 0 unspecified atom stereocenters. The van der Waals surface area contributed by atoms with E-state index >= 15 is 0 Å². The fourth-order valence-electron chi connectivity index (χ4n) is 2.32. The van der Waals surface area contributed by atoms with Gasteiger partial charge in [-0.05, 0) is 51.8 Å². The molecule has 1 aromatic rings. The molecular weight excluding hydrogens is 439 g/mol. The molecule has 0 radical (unpaired) electrons.